The molecule has 27 heavy (non-hydrogen) atoms. The van der Waals surface area contributed by atoms with E-state index < -0.39 is 6.10 Å². The molecule has 1 atom stereocenters. The van der Waals surface area contributed by atoms with Crippen molar-refractivity contribution in [3.63, 3.8) is 0 Å². The highest BCUT2D eigenvalue weighted by atomic mass is 16.5. The maximum atomic E-state index is 12.6. The van der Waals surface area contributed by atoms with Crippen molar-refractivity contribution in [2.45, 2.75) is 20.0 Å². The molecule has 1 unspecified atom stereocenters. The molecule has 3 amide bonds. The Morgan fingerprint density at radius 3 is 2.30 bits per heavy atom. The molecule has 3 rings (SSSR count). The number of para-hydroxylation sites is 1. The van der Waals surface area contributed by atoms with Crippen molar-refractivity contribution in [3.05, 3.63) is 60.2 Å². The van der Waals surface area contributed by atoms with Crippen molar-refractivity contribution >= 4 is 17.6 Å². The average Bonchev–Trinajstić information content (AvgIpc) is 2.68. The number of nitrogens with zero attached hydrogens (tertiary/aromatic N) is 2. The van der Waals surface area contributed by atoms with Gasteiger partial charge in [-0.2, -0.15) is 0 Å². The molecule has 142 valence electrons. The predicted octanol–water partition coefficient (Wildman–Crippen LogP) is 3.14. The first-order valence-electron chi connectivity index (χ1n) is 9.16. The number of ether oxygens (including phenoxy) is 1. The number of rotatable bonds is 4. The molecule has 6 heteroatoms. The van der Waals surface area contributed by atoms with Crippen molar-refractivity contribution in [2.24, 2.45) is 0 Å². The summed E-state index contributed by atoms with van der Waals surface area (Å²) in [6.07, 6.45) is -0.555. The summed E-state index contributed by atoms with van der Waals surface area (Å²) in [5.74, 6) is 0.618. The summed E-state index contributed by atoms with van der Waals surface area (Å²) >= 11 is 0. The summed E-state index contributed by atoms with van der Waals surface area (Å²) in [4.78, 5) is 28.5. The van der Waals surface area contributed by atoms with E-state index in [0.29, 0.717) is 31.9 Å². The number of hydrogen-bond donors (Lipinski definition) is 1. The first kappa shape index (κ1) is 18.8. The lowest BCUT2D eigenvalue weighted by Crippen LogP contribution is -2.54. The zero-order chi connectivity index (χ0) is 19.2. The Kier molecular flexibility index (Phi) is 5.96. The average molecular weight is 367 g/mol. The number of carbonyl (C=O) groups is 2. The highest BCUT2D eigenvalue weighted by Gasteiger charge is 2.27. The lowest BCUT2D eigenvalue weighted by Gasteiger charge is -2.35. The van der Waals surface area contributed by atoms with Gasteiger partial charge in [-0.05, 0) is 43.7 Å². The van der Waals surface area contributed by atoms with Crippen molar-refractivity contribution in [1.82, 2.24) is 9.80 Å². The summed E-state index contributed by atoms with van der Waals surface area (Å²) < 4.78 is 5.71. The van der Waals surface area contributed by atoms with Gasteiger partial charge in [-0.1, -0.05) is 30.3 Å². The van der Waals surface area contributed by atoms with E-state index in [2.05, 4.69) is 5.32 Å². The number of hydrogen-bond acceptors (Lipinski definition) is 3. The van der Waals surface area contributed by atoms with Crippen LogP contribution >= 0.6 is 0 Å². The van der Waals surface area contributed by atoms with E-state index in [9.17, 15) is 9.59 Å². The third-order valence-electron chi connectivity index (χ3n) is 4.55. The van der Waals surface area contributed by atoms with Crippen LogP contribution < -0.4 is 10.1 Å². The van der Waals surface area contributed by atoms with Crippen LogP contribution in [-0.4, -0.2) is 54.0 Å². The van der Waals surface area contributed by atoms with Gasteiger partial charge in [0, 0.05) is 31.9 Å². The number of benzene rings is 2. The lowest BCUT2D eigenvalue weighted by atomic mass is 10.2. The van der Waals surface area contributed by atoms with Crippen molar-refractivity contribution in [2.75, 3.05) is 31.5 Å². The molecule has 1 N–H and O–H groups in total. The van der Waals surface area contributed by atoms with Crippen LogP contribution in [0.4, 0.5) is 10.5 Å². The van der Waals surface area contributed by atoms with E-state index in [-0.39, 0.29) is 11.9 Å². The summed E-state index contributed by atoms with van der Waals surface area (Å²) in [6.45, 7) is 5.75. The van der Waals surface area contributed by atoms with Gasteiger partial charge in [-0.15, -0.1) is 0 Å². The fourth-order valence-corrected chi connectivity index (χ4v) is 3.07. The van der Waals surface area contributed by atoms with Crippen molar-refractivity contribution in [1.29, 1.82) is 0 Å². The van der Waals surface area contributed by atoms with Gasteiger partial charge in [0.25, 0.3) is 5.91 Å². The van der Waals surface area contributed by atoms with Gasteiger partial charge in [-0.3, -0.25) is 4.79 Å². The molecule has 0 bridgehead atoms. The van der Waals surface area contributed by atoms with Gasteiger partial charge in [-0.25, -0.2) is 4.79 Å². The molecule has 0 radical (unpaired) electrons. The zero-order valence-corrected chi connectivity index (χ0v) is 15.7. The number of amides is 3. The summed E-state index contributed by atoms with van der Waals surface area (Å²) in [5.41, 5.74) is 1.87. The molecule has 1 aliphatic rings. The van der Waals surface area contributed by atoms with Crippen LogP contribution in [0.15, 0.2) is 54.6 Å². The molecule has 2 aromatic carbocycles. The number of nitrogens with one attached hydrogen (secondary N) is 1. The Hall–Kier alpha value is -3.02. The van der Waals surface area contributed by atoms with E-state index >= 15 is 0 Å². The number of urea groups is 1. The molecular weight excluding hydrogens is 342 g/mol. The third-order valence-corrected chi connectivity index (χ3v) is 4.55. The number of aryl methyl sites for hydroxylation is 1. The van der Waals surface area contributed by atoms with Crippen LogP contribution in [-0.2, 0) is 4.79 Å². The van der Waals surface area contributed by atoms with Crippen LogP contribution in [0.1, 0.15) is 12.5 Å². The second-order valence-corrected chi connectivity index (χ2v) is 6.69. The van der Waals surface area contributed by atoms with Crippen LogP contribution in [0.2, 0.25) is 0 Å². The van der Waals surface area contributed by atoms with Crippen molar-refractivity contribution in [3.8, 4) is 5.75 Å². The first-order valence-corrected chi connectivity index (χ1v) is 9.16. The van der Waals surface area contributed by atoms with Crippen LogP contribution in [0.3, 0.4) is 0 Å². The molecule has 0 aliphatic carbocycles. The van der Waals surface area contributed by atoms with E-state index in [1.807, 2.05) is 61.5 Å². The molecule has 0 saturated carbocycles. The van der Waals surface area contributed by atoms with Crippen LogP contribution in [0, 0.1) is 6.92 Å². The fraction of sp³-hybridized carbons (Fsp3) is 0.333. The van der Waals surface area contributed by atoms with Gasteiger partial charge in [0.15, 0.2) is 6.10 Å². The Bertz CT molecular complexity index is 786. The van der Waals surface area contributed by atoms with Gasteiger partial charge in [0.2, 0.25) is 0 Å². The molecule has 1 saturated heterocycles. The maximum absolute atomic E-state index is 12.6. The van der Waals surface area contributed by atoms with Gasteiger partial charge >= 0.3 is 6.03 Å². The molecular formula is C21H25N3O3. The normalized spacial score (nSPS) is 15.2. The summed E-state index contributed by atoms with van der Waals surface area (Å²) in [7, 11) is 0. The summed E-state index contributed by atoms with van der Waals surface area (Å²) in [6, 6.07) is 16.9. The maximum Gasteiger partial charge on any atom is 0.321 e. The van der Waals surface area contributed by atoms with E-state index in [0.717, 1.165) is 11.3 Å². The minimum absolute atomic E-state index is 0.0578. The third kappa shape index (κ3) is 5.00. The standard InChI is InChI=1S/C21H25N3O3/c1-16-7-6-8-18(15-16)22-21(26)24-13-11-23(12-14-24)20(25)17(2)27-19-9-4-3-5-10-19/h3-10,15,17H,11-14H2,1-2H3,(H,22,26). The number of piperazine rings is 1. The first-order chi connectivity index (χ1) is 13.0. The smallest absolute Gasteiger partial charge is 0.321 e. The quantitative estimate of drug-likeness (QED) is 0.903. The summed E-state index contributed by atoms with van der Waals surface area (Å²) in [5, 5.41) is 2.91. The SMILES string of the molecule is Cc1cccc(NC(=O)N2CCN(C(=O)C(C)Oc3ccccc3)CC2)c1. The molecule has 0 aromatic heterocycles. The van der Waals surface area contributed by atoms with Crippen LogP contribution in [0.25, 0.3) is 0 Å². The largest absolute Gasteiger partial charge is 0.481 e. The predicted molar refractivity (Wildman–Crippen MR) is 105 cm³/mol. The monoisotopic (exact) mass is 367 g/mol. The lowest BCUT2D eigenvalue weighted by molar-refractivity contribution is -0.139. The Balaban J connectivity index is 1.49. The molecule has 6 nitrogen and oxygen atoms in total. The minimum atomic E-state index is -0.555. The van der Waals surface area contributed by atoms with E-state index in [4.69, 9.17) is 4.74 Å². The van der Waals surface area contributed by atoms with Gasteiger partial charge < -0.3 is 19.9 Å². The van der Waals surface area contributed by atoms with Crippen molar-refractivity contribution < 1.29 is 14.3 Å². The molecule has 1 aliphatic heterocycles. The molecule has 0 spiro atoms. The molecule has 2 aromatic rings. The van der Waals surface area contributed by atoms with Gasteiger partial charge in [0.05, 0.1) is 0 Å². The topological polar surface area (TPSA) is 61.9 Å². The minimum Gasteiger partial charge on any atom is -0.481 e. The highest BCUT2D eigenvalue weighted by Crippen LogP contribution is 2.14. The van der Waals surface area contributed by atoms with Gasteiger partial charge in [0.1, 0.15) is 5.75 Å². The van der Waals surface area contributed by atoms with Crippen LogP contribution in [0.5, 0.6) is 5.75 Å². The fourth-order valence-electron chi connectivity index (χ4n) is 3.07. The number of carbonyl (C=O) groups excluding carboxylic acids is 2. The number of anilines is 1. The Labute approximate surface area is 159 Å². The Morgan fingerprint density at radius 2 is 1.63 bits per heavy atom. The second kappa shape index (κ2) is 8.58. The Morgan fingerprint density at radius 1 is 0.963 bits per heavy atom. The zero-order valence-electron chi connectivity index (χ0n) is 15.7. The van der Waals surface area contributed by atoms with E-state index in [1.165, 1.54) is 0 Å². The molecule has 1 fully saturated rings. The van der Waals surface area contributed by atoms with E-state index in [1.54, 1.807) is 16.7 Å². The molecule has 1 heterocycles. The highest BCUT2D eigenvalue weighted by molar-refractivity contribution is 5.89. The second-order valence-electron chi connectivity index (χ2n) is 6.69.